The molecule has 1 aromatic rings. The summed E-state index contributed by atoms with van der Waals surface area (Å²) >= 11 is 0. The minimum absolute atomic E-state index is 0.0138. The second-order valence-corrected chi connectivity index (χ2v) is 4.95. The molecule has 1 fully saturated rings. The number of rotatable bonds is 5. The molecule has 100 valence electrons. The number of carbonyl (C=O) groups excluding carboxylic acids is 1. The molecule has 0 saturated carbocycles. The van der Waals surface area contributed by atoms with Crippen molar-refractivity contribution in [2.75, 3.05) is 13.1 Å². The summed E-state index contributed by atoms with van der Waals surface area (Å²) < 4.78 is 1.77. The van der Waals surface area contributed by atoms with Gasteiger partial charge in [0.2, 0.25) is 5.91 Å². The van der Waals surface area contributed by atoms with Gasteiger partial charge in [-0.1, -0.05) is 12.1 Å². The number of hydrogen-bond acceptors (Lipinski definition) is 4. The maximum atomic E-state index is 11.9. The first kappa shape index (κ1) is 13.0. The third-order valence-electron chi connectivity index (χ3n) is 3.32. The van der Waals surface area contributed by atoms with Crippen LogP contribution in [0.25, 0.3) is 0 Å². The molecule has 2 rings (SSSR count). The Hall–Kier alpha value is -1.43. The van der Waals surface area contributed by atoms with Gasteiger partial charge in [-0.05, 0) is 31.7 Å². The van der Waals surface area contributed by atoms with E-state index in [4.69, 9.17) is 0 Å². The molecule has 1 saturated heterocycles. The van der Waals surface area contributed by atoms with E-state index in [0.29, 0.717) is 12.5 Å². The van der Waals surface area contributed by atoms with Crippen LogP contribution in [0.1, 0.15) is 26.2 Å². The maximum absolute atomic E-state index is 11.9. The van der Waals surface area contributed by atoms with Crippen molar-refractivity contribution in [3.8, 4) is 0 Å². The van der Waals surface area contributed by atoms with Crippen molar-refractivity contribution in [3.63, 3.8) is 0 Å². The molecule has 2 heterocycles. The summed E-state index contributed by atoms with van der Waals surface area (Å²) in [5, 5.41) is 13.8. The third-order valence-corrected chi connectivity index (χ3v) is 3.32. The van der Waals surface area contributed by atoms with E-state index in [1.54, 1.807) is 10.9 Å². The second kappa shape index (κ2) is 6.49. The van der Waals surface area contributed by atoms with Crippen LogP contribution in [0.4, 0.5) is 0 Å². The fourth-order valence-electron chi connectivity index (χ4n) is 2.24. The molecule has 0 aromatic carbocycles. The topological polar surface area (TPSA) is 71.8 Å². The van der Waals surface area contributed by atoms with Crippen molar-refractivity contribution >= 4 is 5.91 Å². The van der Waals surface area contributed by atoms with Gasteiger partial charge >= 0.3 is 0 Å². The van der Waals surface area contributed by atoms with E-state index in [0.717, 1.165) is 32.4 Å². The monoisotopic (exact) mass is 251 g/mol. The first-order chi connectivity index (χ1) is 8.75. The number of nitrogens with zero attached hydrogens (tertiary/aromatic N) is 3. The van der Waals surface area contributed by atoms with Crippen molar-refractivity contribution in [3.05, 3.63) is 12.4 Å². The summed E-state index contributed by atoms with van der Waals surface area (Å²) in [5.41, 5.74) is 0. The predicted molar refractivity (Wildman–Crippen MR) is 67.8 cm³/mol. The number of amides is 1. The fraction of sp³-hybridized carbons (Fsp3) is 0.750. The second-order valence-electron chi connectivity index (χ2n) is 4.95. The van der Waals surface area contributed by atoms with E-state index in [2.05, 4.69) is 27.9 Å². The van der Waals surface area contributed by atoms with Crippen LogP contribution < -0.4 is 10.6 Å². The Morgan fingerprint density at radius 1 is 1.61 bits per heavy atom. The van der Waals surface area contributed by atoms with Crippen molar-refractivity contribution in [1.82, 2.24) is 25.6 Å². The molecular weight excluding hydrogens is 230 g/mol. The number of piperidine rings is 1. The Labute approximate surface area is 107 Å². The zero-order valence-electron chi connectivity index (χ0n) is 10.8. The summed E-state index contributed by atoms with van der Waals surface area (Å²) in [5.74, 6) is 0.761. The molecule has 0 radical (unpaired) electrons. The molecule has 18 heavy (non-hydrogen) atoms. The smallest absolute Gasteiger partial charge is 0.237 e. The number of aromatic nitrogens is 3. The molecular formula is C12H21N5O. The number of carbonyl (C=O) groups is 1. The Morgan fingerprint density at radius 2 is 2.50 bits per heavy atom. The van der Waals surface area contributed by atoms with Crippen molar-refractivity contribution in [1.29, 1.82) is 0 Å². The maximum Gasteiger partial charge on any atom is 0.237 e. The molecule has 1 aliphatic heterocycles. The van der Waals surface area contributed by atoms with Crippen LogP contribution in [0.3, 0.4) is 0 Å². The standard InChI is InChI=1S/C12H21N5O/c1-10-3-5-13-11(9-10)12(18)14-4-2-7-17-8-6-15-16-17/h6,8,10-11,13H,2-5,7,9H2,1H3,(H,14,18). The van der Waals surface area contributed by atoms with Gasteiger partial charge < -0.3 is 10.6 Å². The van der Waals surface area contributed by atoms with E-state index >= 15 is 0 Å². The Balaban J connectivity index is 1.62. The van der Waals surface area contributed by atoms with Gasteiger partial charge in [-0.25, -0.2) is 0 Å². The van der Waals surface area contributed by atoms with Crippen LogP contribution >= 0.6 is 0 Å². The zero-order chi connectivity index (χ0) is 12.8. The lowest BCUT2D eigenvalue weighted by atomic mass is 9.94. The lowest BCUT2D eigenvalue weighted by molar-refractivity contribution is -0.124. The molecule has 2 unspecified atom stereocenters. The molecule has 6 nitrogen and oxygen atoms in total. The van der Waals surface area contributed by atoms with E-state index in [1.807, 2.05) is 6.20 Å². The van der Waals surface area contributed by atoms with Crippen LogP contribution in [0.2, 0.25) is 0 Å². The molecule has 1 aliphatic rings. The molecule has 1 aromatic heterocycles. The van der Waals surface area contributed by atoms with Gasteiger partial charge in [-0.2, -0.15) is 0 Å². The summed E-state index contributed by atoms with van der Waals surface area (Å²) in [6, 6.07) is -0.0138. The summed E-state index contributed by atoms with van der Waals surface area (Å²) in [4.78, 5) is 11.9. The highest BCUT2D eigenvalue weighted by atomic mass is 16.2. The molecule has 0 aliphatic carbocycles. The average molecular weight is 251 g/mol. The SMILES string of the molecule is CC1CCNC(C(=O)NCCCn2ccnn2)C1. The van der Waals surface area contributed by atoms with Gasteiger partial charge in [-0.3, -0.25) is 9.48 Å². The molecule has 6 heteroatoms. The van der Waals surface area contributed by atoms with Gasteiger partial charge in [0.25, 0.3) is 0 Å². The summed E-state index contributed by atoms with van der Waals surface area (Å²) in [7, 11) is 0. The van der Waals surface area contributed by atoms with Crippen LogP contribution in [0.5, 0.6) is 0 Å². The van der Waals surface area contributed by atoms with Crippen LogP contribution in [-0.2, 0) is 11.3 Å². The highest BCUT2D eigenvalue weighted by Gasteiger charge is 2.23. The highest BCUT2D eigenvalue weighted by molar-refractivity contribution is 5.81. The van der Waals surface area contributed by atoms with Gasteiger partial charge in [0.1, 0.15) is 0 Å². The minimum Gasteiger partial charge on any atom is -0.355 e. The largest absolute Gasteiger partial charge is 0.355 e. The fourth-order valence-corrected chi connectivity index (χ4v) is 2.24. The molecule has 2 N–H and O–H groups in total. The molecule has 0 bridgehead atoms. The van der Waals surface area contributed by atoms with Crippen molar-refractivity contribution in [2.24, 2.45) is 5.92 Å². The van der Waals surface area contributed by atoms with Crippen LogP contribution in [0, 0.1) is 5.92 Å². The lowest BCUT2D eigenvalue weighted by Crippen LogP contribution is -2.48. The molecule has 0 spiro atoms. The highest BCUT2D eigenvalue weighted by Crippen LogP contribution is 2.14. The molecule has 1 amide bonds. The van der Waals surface area contributed by atoms with E-state index in [-0.39, 0.29) is 11.9 Å². The van der Waals surface area contributed by atoms with Gasteiger partial charge in [0.15, 0.2) is 0 Å². The van der Waals surface area contributed by atoms with Crippen molar-refractivity contribution < 1.29 is 4.79 Å². The van der Waals surface area contributed by atoms with E-state index in [9.17, 15) is 4.79 Å². The Kier molecular flexibility index (Phi) is 4.69. The summed E-state index contributed by atoms with van der Waals surface area (Å²) in [6.45, 7) is 4.62. The van der Waals surface area contributed by atoms with E-state index in [1.165, 1.54) is 0 Å². The molecule has 2 atom stereocenters. The van der Waals surface area contributed by atoms with Crippen LogP contribution in [-0.4, -0.2) is 40.0 Å². The third kappa shape index (κ3) is 3.80. The Bertz CT molecular complexity index is 365. The predicted octanol–water partition coefficient (Wildman–Crippen LogP) is 0.173. The number of hydrogen-bond donors (Lipinski definition) is 2. The van der Waals surface area contributed by atoms with E-state index < -0.39 is 0 Å². The lowest BCUT2D eigenvalue weighted by Gasteiger charge is -2.27. The normalized spacial score (nSPS) is 23.8. The average Bonchev–Trinajstić information content (AvgIpc) is 2.87. The zero-order valence-corrected chi connectivity index (χ0v) is 10.8. The first-order valence-electron chi connectivity index (χ1n) is 6.61. The number of aryl methyl sites for hydroxylation is 1. The quantitative estimate of drug-likeness (QED) is 0.732. The van der Waals surface area contributed by atoms with Gasteiger partial charge in [-0.15, -0.1) is 5.10 Å². The van der Waals surface area contributed by atoms with Gasteiger partial charge in [0, 0.05) is 19.3 Å². The van der Waals surface area contributed by atoms with Gasteiger partial charge in [0.05, 0.1) is 12.2 Å². The van der Waals surface area contributed by atoms with Crippen LogP contribution in [0.15, 0.2) is 12.4 Å². The summed E-state index contributed by atoms with van der Waals surface area (Å²) in [6.07, 6.45) is 6.46. The Morgan fingerprint density at radius 3 is 3.22 bits per heavy atom. The van der Waals surface area contributed by atoms with Crippen molar-refractivity contribution in [2.45, 2.75) is 38.8 Å². The minimum atomic E-state index is -0.0138. The first-order valence-corrected chi connectivity index (χ1v) is 6.61. The number of nitrogens with one attached hydrogen (secondary N) is 2.